The lowest BCUT2D eigenvalue weighted by Gasteiger charge is -2.20. The first kappa shape index (κ1) is 10.9. The van der Waals surface area contributed by atoms with E-state index in [4.69, 9.17) is 0 Å². The molecule has 1 heterocycles. The lowest BCUT2D eigenvalue weighted by Crippen LogP contribution is -2.41. The quantitative estimate of drug-likeness (QED) is 0.386. The second-order valence-electron chi connectivity index (χ2n) is 3.03. The van der Waals surface area contributed by atoms with E-state index in [0.29, 0.717) is 0 Å². The van der Waals surface area contributed by atoms with Gasteiger partial charge in [-0.2, -0.15) is 0 Å². The first-order valence-corrected chi connectivity index (χ1v) is 4.30. The van der Waals surface area contributed by atoms with Gasteiger partial charge in [-0.1, -0.05) is 0 Å². The number of ether oxygens (including phenoxy) is 2. The lowest BCUT2D eigenvalue weighted by atomic mass is 10.1. The van der Waals surface area contributed by atoms with Crippen LogP contribution in [-0.4, -0.2) is 41.2 Å². The second kappa shape index (κ2) is 4.39. The maximum Gasteiger partial charge on any atom is 0.366 e. The molecule has 6 nitrogen and oxygen atoms in total. The van der Waals surface area contributed by atoms with Crippen molar-refractivity contribution >= 4 is 11.9 Å². The predicted molar refractivity (Wildman–Crippen MR) is 42.9 cm³/mol. The van der Waals surface area contributed by atoms with Crippen molar-refractivity contribution in [3.8, 4) is 0 Å². The minimum Gasteiger partial charge on any atom is -0.462 e. The predicted octanol–water partition coefficient (Wildman–Crippen LogP) is -1.06. The first-order valence-electron chi connectivity index (χ1n) is 4.30. The summed E-state index contributed by atoms with van der Waals surface area (Å²) in [5.74, 6) is -4.02. The van der Waals surface area contributed by atoms with Gasteiger partial charge in [-0.15, -0.1) is 0 Å². The summed E-state index contributed by atoms with van der Waals surface area (Å²) >= 11 is 0. The highest BCUT2D eigenvalue weighted by molar-refractivity contribution is 5.77. The highest BCUT2D eigenvalue weighted by Gasteiger charge is 2.35. The molecule has 1 rings (SSSR count). The van der Waals surface area contributed by atoms with E-state index in [1.54, 1.807) is 0 Å². The summed E-state index contributed by atoms with van der Waals surface area (Å²) in [6.07, 6.45) is -0.00197. The van der Waals surface area contributed by atoms with Gasteiger partial charge in [0.25, 0.3) is 5.79 Å². The van der Waals surface area contributed by atoms with Crippen LogP contribution < -0.4 is 0 Å². The Labute approximate surface area is 80.4 Å². The van der Waals surface area contributed by atoms with Gasteiger partial charge in [0.1, 0.15) is 13.2 Å². The van der Waals surface area contributed by atoms with Crippen molar-refractivity contribution in [2.45, 2.75) is 25.0 Å². The summed E-state index contributed by atoms with van der Waals surface area (Å²) in [6.45, 7) is -0.214. The molecule has 0 bridgehead atoms. The molecule has 14 heavy (non-hydrogen) atoms. The molecule has 0 aromatic carbocycles. The molecule has 1 aliphatic rings. The van der Waals surface area contributed by atoms with Crippen molar-refractivity contribution in [2.75, 3.05) is 13.2 Å². The average molecular weight is 204 g/mol. The van der Waals surface area contributed by atoms with Gasteiger partial charge in [-0.25, -0.2) is 4.79 Å². The summed E-state index contributed by atoms with van der Waals surface area (Å²) < 4.78 is 9.12. The molecule has 0 aromatic heterocycles. The van der Waals surface area contributed by atoms with Crippen molar-refractivity contribution in [1.29, 1.82) is 0 Å². The SMILES string of the molecule is O=C1CCCC(O)(O)C(=O)OCCO1. The number of carbonyl (C=O) groups excluding carboxylic acids is 2. The molecule has 0 spiro atoms. The van der Waals surface area contributed by atoms with Crippen molar-refractivity contribution < 1.29 is 29.3 Å². The Hall–Kier alpha value is -1.14. The molecule has 1 saturated heterocycles. The fourth-order valence-corrected chi connectivity index (χ4v) is 1.06. The maximum atomic E-state index is 11.0. The Morgan fingerprint density at radius 1 is 1.14 bits per heavy atom. The Balaban J connectivity index is 2.56. The number of aliphatic hydroxyl groups is 2. The number of hydrogen-bond acceptors (Lipinski definition) is 6. The Kier molecular flexibility index (Phi) is 3.43. The molecule has 0 atom stereocenters. The fraction of sp³-hybridized carbons (Fsp3) is 0.750. The lowest BCUT2D eigenvalue weighted by molar-refractivity contribution is -0.214. The van der Waals surface area contributed by atoms with Crippen molar-refractivity contribution in [3.05, 3.63) is 0 Å². The van der Waals surface area contributed by atoms with Crippen molar-refractivity contribution in [1.82, 2.24) is 0 Å². The van der Waals surface area contributed by atoms with E-state index in [1.165, 1.54) is 0 Å². The van der Waals surface area contributed by atoms with Crippen LogP contribution in [0.2, 0.25) is 0 Å². The number of esters is 2. The molecule has 1 fully saturated rings. The van der Waals surface area contributed by atoms with E-state index in [1.807, 2.05) is 0 Å². The smallest absolute Gasteiger partial charge is 0.366 e. The highest BCUT2D eigenvalue weighted by Crippen LogP contribution is 2.14. The van der Waals surface area contributed by atoms with Crippen LogP contribution in [0.15, 0.2) is 0 Å². The minimum atomic E-state index is -2.49. The van der Waals surface area contributed by atoms with Gasteiger partial charge in [0.2, 0.25) is 0 Å². The van der Waals surface area contributed by atoms with Gasteiger partial charge in [0.15, 0.2) is 0 Å². The highest BCUT2D eigenvalue weighted by atomic mass is 16.6. The summed E-state index contributed by atoms with van der Waals surface area (Å²) in [5.41, 5.74) is 0. The molecule has 0 saturated carbocycles. The van der Waals surface area contributed by atoms with Gasteiger partial charge in [0.05, 0.1) is 0 Å². The zero-order valence-electron chi connectivity index (χ0n) is 7.56. The number of rotatable bonds is 0. The normalized spacial score (nSPS) is 23.6. The van der Waals surface area contributed by atoms with Gasteiger partial charge in [-0.3, -0.25) is 4.79 Å². The molecular weight excluding hydrogens is 192 g/mol. The number of cyclic esters (lactones) is 2. The maximum absolute atomic E-state index is 11.0. The van der Waals surface area contributed by atoms with Crippen LogP contribution >= 0.6 is 0 Å². The average Bonchev–Trinajstić information content (AvgIpc) is 2.10. The van der Waals surface area contributed by atoms with E-state index >= 15 is 0 Å². The zero-order valence-corrected chi connectivity index (χ0v) is 7.56. The van der Waals surface area contributed by atoms with Gasteiger partial charge in [0, 0.05) is 12.8 Å². The van der Waals surface area contributed by atoms with Crippen LogP contribution in [-0.2, 0) is 19.1 Å². The number of carbonyl (C=O) groups is 2. The van der Waals surface area contributed by atoms with E-state index in [9.17, 15) is 19.8 Å². The molecule has 0 aromatic rings. The van der Waals surface area contributed by atoms with Crippen LogP contribution in [0, 0.1) is 0 Å². The first-order chi connectivity index (χ1) is 6.52. The largest absolute Gasteiger partial charge is 0.462 e. The molecule has 0 aliphatic carbocycles. The van der Waals surface area contributed by atoms with Gasteiger partial charge < -0.3 is 19.7 Å². The third kappa shape index (κ3) is 2.97. The van der Waals surface area contributed by atoms with Crippen molar-refractivity contribution in [3.63, 3.8) is 0 Å². The molecule has 0 unspecified atom stereocenters. The molecule has 80 valence electrons. The molecule has 0 radical (unpaired) electrons. The Morgan fingerprint density at radius 3 is 2.50 bits per heavy atom. The van der Waals surface area contributed by atoms with E-state index in [2.05, 4.69) is 9.47 Å². The minimum absolute atomic E-state index is 0.0549. The summed E-state index contributed by atoms with van der Waals surface area (Å²) in [6, 6.07) is 0. The summed E-state index contributed by atoms with van der Waals surface area (Å²) in [5, 5.41) is 18.4. The van der Waals surface area contributed by atoms with Crippen molar-refractivity contribution in [2.24, 2.45) is 0 Å². The molecular formula is C8H12O6. The molecule has 0 amide bonds. The summed E-state index contributed by atoms with van der Waals surface area (Å²) in [4.78, 5) is 21.8. The van der Waals surface area contributed by atoms with Gasteiger partial charge in [-0.05, 0) is 6.42 Å². The Morgan fingerprint density at radius 2 is 1.79 bits per heavy atom. The Bertz CT molecular complexity index is 234. The monoisotopic (exact) mass is 204 g/mol. The van der Waals surface area contributed by atoms with Gasteiger partial charge >= 0.3 is 11.9 Å². The van der Waals surface area contributed by atoms with Crippen LogP contribution in [0.25, 0.3) is 0 Å². The molecule has 2 N–H and O–H groups in total. The van der Waals surface area contributed by atoms with Crippen LogP contribution in [0.1, 0.15) is 19.3 Å². The topological polar surface area (TPSA) is 93.1 Å². The standard InChI is InChI=1S/C8H12O6/c9-6-2-1-3-8(11,12)7(10)14-5-4-13-6/h11-12H,1-5H2. The zero-order chi connectivity index (χ0) is 10.6. The van der Waals surface area contributed by atoms with Crippen LogP contribution in [0.4, 0.5) is 0 Å². The molecule has 1 aliphatic heterocycles. The van der Waals surface area contributed by atoms with Crippen LogP contribution in [0.3, 0.4) is 0 Å². The fourth-order valence-electron chi connectivity index (χ4n) is 1.06. The van der Waals surface area contributed by atoms with E-state index in [0.717, 1.165) is 0 Å². The third-order valence-corrected chi connectivity index (χ3v) is 1.81. The number of hydrogen-bond donors (Lipinski definition) is 2. The van der Waals surface area contributed by atoms with E-state index < -0.39 is 17.7 Å². The van der Waals surface area contributed by atoms with E-state index in [-0.39, 0.29) is 32.5 Å². The van der Waals surface area contributed by atoms with Crippen LogP contribution in [0.5, 0.6) is 0 Å². The third-order valence-electron chi connectivity index (χ3n) is 1.81. The molecule has 6 heteroatoms. The summed E-state index contributed by atoms with van der Waals surface area (Å²) in [7, 11) is 0. The second-order valence-corrected chi connectivity index (χ2v) is 3.03.